The zero-order valence-corrected chi connectivity index (χ0v) is 28.9. The maximum absolute atomic E-state index is 14.7. The van der Waals surface area contributed by atoms with Gasteiger partial charge in [0.2, 0.25) is 11.8 Å². The first-order chi connectivity index (χ1) is 22.5. The standard InChI is InChI=1S/C37H39Cl2N3O4S/c1-26-12-16-29(17-13-26)24-41(35(22-28-8-4-3-5-9-28)37(44)40-31-10-6-7-11-31)36(43)25-42(34-23-30(38)18-21-33(34)39)47(45,46)32-19-14-27(2)15-20-32/h3-5,8-9,12-21,23,31,35H,6-7,10-11,22,24-25H2,1-2H3,(H,40,44)/t35-/m1/s1. The van der Waals surface area contributed by atoms with E-state index in [2.05, 4.69) is 5.32 Å². The third kappa shape index (κ3) is 8.74. The Labute approximate surface area is 287 Å². The Hall–Kier alpha value is -3.85. The molecule has 0 aliphatic heterocycles. The van der Waals surface area contributed by atoms with E-state index in [0.717, 1.165) is 52.2 Å². The molecule has 5 rings (SSSR count). The first-order valence-electron chi connectivity index (χ1n) is 15.7. The van der Waals surface area contributed by atoms with Crippen molar-refractivity contribution in [3.8, 4) is 0 Å². The van der Waals surface area contributed by atoms with Crippen LogP contribution in [0.5, 0.6) is 0 Å². The molecule has 0 radical (unpaired) electrons. The quantitative estimate of drug-likeness (QED) is 0.167. The van der Waals surface area contributed by atoms with Crippen LogP contribution >= 0.6 is 23.2 Å². The lowest BCUT2D eigenvalue weighted by Gasteiger charge is -2.34. The third-order valence-electron chi connectivity index (χ3n) is 8.51. The number of nitrogens with zero attached hydrogens (tertiary/aromatic N) is 2. The first-order valence-corrected chi connectivity index (χ1v) is 17.9. The average molecular weight is 693 g/mol. The molecule has 0 spiro atoms. The lowest BCUT2D eigenvalue weighted by atomic mass is 10.0. The van der Waals surface area contributed by atoms with Gasteiger partial charge in [-0.1, -0.05) is 114 Å². The molecule has 0 saturated heterocycles. The fraction of sp³-hybridized carbons (Fsp3) is 0.297. The van der Waals surface area contributed by atoms with Crippen molar-refractivity contribution in [2.24, 2.45) is 0 Å². The summed E-state index contributed by atoms with van der Waals surface area (Å²) in [5, 5.41) is 3.56. The van der Waals surface area contributed by atoms with Gasteiger partial charge in [0, 0.05) is 24.0 Å². The summed E-state index contributed by atoms with van der Waals surface area (Å²) in [6.45, 7) is 3.32. The second-order valence-corrected chi connectivity index (χ2v) is 14.8. The Bertz CT molecular complexity index is 1790. The topological polar surface area (TPSA) is 86.8 Å². The van der Waals surface area contributed by atoms with Gasteiger partial charge >= 0.3 is 0 Å². The summed E-state index contributed by atoms with van der Waals surface area (Å²) in [5.74, 6) is -0.824. The number of nitrogens with one attached hydrogen (secondary N) is 1. The number of hydrogen-bond acceptors (Lipinski definition) is 4. The van der Waals surface area contributed by atoms with Gasteiger partial charge in [0.05, 0.1) is 15.6 Å². The van der Waals surface area contributed by atoms with Crippen molar-refractivity contribution in [3.63, 3.8) is 0 Å². The Kier molecular flexibility index (Phi) is 11.3. The van der Waals surface area contributed by atoms with Gasteiger partial charge in [-0.05, 0) is 68.1 Å². The zero-order valence-electron chi connectivity index (χ0n) is 26.5. The molecule has 1 saturated carbocycles. The van der Waals surface area contributed by atoms with Crippen molar-refractivity contribution in [1.82, 2.24) is 10.2 Å². The van der Waals surface area contributed by atoms with Crippen LogP contribution in [0.1, 0.15) is 47.9 Å². The Morgan fingerprint density at radius 2 is 1.45 bits per heavy atom. The molecular formula is C37H39Cl2N3O4S. The summed E-state index contributed by atoms with van der Waals surface area (Å²) in [5.41, 5.74) is 3.69. The van der Waals surface area contributed by atoms with Crippen LogP contribution in [0, 0.1) is 13.8 Å². The molecule has 0 unspecified atom stereocenters. The SMILES string of the molecule is Cc1ccc(CN(C(=O)CN(c2cc(Cl)ccc2Cl)S(=O)(=O)c2ccc(C)cc2)[C@H](Cc2ccccc2)C(=O)NC2CCCC2)cc1. The predicted octanol–water partition coefficient (Wildman–Crippen LogP) is 7.50. The summed E-state index contributed by atoms with van der Waals surface area (Å²) in [6, 6.07) is 27.2. The maximum atomic E-state index is 14.7. The molecule has 1 aliphatic carbocycles. The van der Waals surface area contributed by atoms with Gasteiger partial charge in [0.25, 0.3) is 10.0 Å². The van der Waals surface area contributed by atoms with Gasteiger partial charge in [0.15, 0.2) is 0 Å². The number of sulfonamides is 1. The molecule has 4 aromatic carbocycles. The number of carbonyl (C=O) groups is 2. The highest BCUT2D eigenvalue weighted by molar-refractivity contribution is 7.92. The Balaban J connectivity index is 1.58. The van der Waals surface area contributed by atoms with E-state index >= 15 is 0 Å². The van der Waals surface area contributed by atoms with E-state index in [4.69, 9.17) is 23.2 Å². The number of hydrogen-bond donors (Lipinski definition) is 1. The molecule has 0 heterocycles. The number of halogens is 2. The number of aryl methyl sites for hydroxylation is 2. The highest BCUT2D eigenvalue weighted by Crippen LogP contribution is 2.33. The number of benzene rings is 4. The van der Waals surface area contributed by atoms with Crippen molar-refractivity contribution < 1.29 is 18.0 Å². The average Bonchev–Trinajstić information content (AvgIpc) is 3.57. The molecule has 246 valence electrons. The maximum Gasteiger partial charge on any atom is 0.264 e. The van der Waals surface area contributed by atoms with E-state index in [1.54, 1.807) is 18.2 Å². The molecule has 4 aromatic rings. The molecule has 0 aromatic heterocycles. The monoisotopic (exact) mass is 691 g/mol. The lowest BCUT2D eigenvalue weighted by molar-refractivity contribution is -0.140. The minimum Gasteiger partial charge on any atom is -0.352 e. The van der Waals surface area contributed by atoms with E-state index in [1.807, 2.05) is 68.4 Å². The summed E-state index contributed by atoms with van der Waals surface area (Å²) >= 11 is 12.9. The molecule has 0 bridgehead atoms. The summed E-state index contributed by atoms with van der Waals surface area (Å²) in [6.07, 6.45) is 4.08. The van der Waals surface area contributed by atoms with Crippen LogP contribution in [0.15, 0.2) is 102 Å². The highest BCUT2D eigenvalue weighted by atomic mass is 35.5. The van der Waals surface area contributed by atoms with Crippen molar-refractivity contribution in [2.45, 2.75) is 69.5 Å². The largest absolute Gasteiger partial charge is 0.352 e. The zero-order chi connectivity index (χ0) is 33.6. The van der Waals surface area contributed by atoms with E-state index < -0.39 is 28.5 Å². The second kappa shape index (κ2) is 15.4. The molecule has 1 atom stereocenters. The van der Waals surface area contributed by atoms with E-state index in [9.17, 15) is 18.0 Å². The summed E-state index contributed by atoms with van der Waals surface area (Å²) in [7, 11) is -4.30. The molecular weight excluding hydrogens is 653 g/mol. The summed E-state index contributed by atoms with van der Waals surface area (Å²) in [4.78, 5) is 30.3. The van der Waals surface area contributed by atoms with Crippen molar-refractivity contribution in [2.75, 3.05) is 10.8 Å². The van der Waals surface area contributed by atoms with E-state index in [1.165, 1.54) is 29.2 Å². The van der Waals surface area contributed by atoms with Crippen LogP contribution in [0.3, 0.4) is 0 Å². The van der Waals surface area contributed by atoms with Gasteiger partial charge in [-0.15, -0.1) is 0 Å². The number of rotatable bonds is 12. The first kappa shape index (κ1) is 34.5. The van der Waals surface area contributed by atoms with Gasteiger partial charge in [0.1, 0.15) is 12.6 Å². The van der Waals surface area contributed by atoms with Gasteiger partial charge in [-0.3, -0.25) is 13.9 Å². The number of anilines is 1. The molecule has 1 fully saturated rings. The van der Waals surface area contributed by atoms with Crippen LogP contribution in [0.4, 0.5) is 5.69 Å². The fourth-order valence-electron chi connectivity index (χ4n) is 5.84. The molecule has 7 nitrogen and oxygen atoms in total. The number of carbonyl (C=O) groups excluding carboxylic acids is 2. The van der Waals surface area contributed by atoms with E-state index in [0.29, 0.717) is 0 Å². The lowest BCUT2D eigenvalue weighted by Crippen LogP contribution is -2.54. The van der Waals surface area contributed by atoms with Gasteiger partial charge < -0.3 is 10.2 Å². The molecule has 10 heteroatoms. The molecule has 1 aliphatic rings. The molecule has 2 amide bonds. The van der Waals surface area contributed by atoms with Crippen molar-refractivity contribution >= 4 is 50.7 Å². The van der Waals surface area contributed by atoms with E-state index in [-0.39, 0.29) is 45.5 Å². The number of amides is 2. The minimum absolute atomic E-state index is 0.00293. The smallest absolute Gasteiger partial charge is 0.264 e. The van der Waals surface area contributed by atoms with Crippen molar-refractivity contribution in [1.29, 1.82) is 0 Å². The Morgan fingerprint density at radius 3 is 2.09 bits per heavy atom. The van der Waals surface area contributed by atoms with Crippen LogP contribution < -0.4 is 9.62 Å². The Morgan fingerprint density at radius 1 is 0.830 bits per heavy atom. The predicted molar refractivity (Wildman–Crippen MR) is 188 cm³/mol. The van der Waals surface area contributed by atoms with Crippen LogP contribution in [0.2, 0.25) is 10.0 Å². The normalized spacial score (nSPS) is 14.0. The van der Waals surface area contributed by atoms with Crippen LogP contribution in [-0.4, -0.2) is 43.8 Å². The second-order valence-electron chi connectivity index (χ2n) is 12.1. The highest BCUT2D eigenvalue weighted by Gasteiger charge is 2.36. The van der Waals surface area contributed by atoms with Crippen molar-refractivity contribution in [3.05, 3.63) is 129 Å². The van der Waals surface area contributed by atoms with Crippen LogP contribution in [0.25, 0.3) is 0 Å². The molecule has 1 N–H and O–H groups in total. The fourth-order valence-corrected chi connectivity index (χ4v) is 7.70. The van der Waals surface area contributed by atoms with Gasteiger partial charge in [-0.2, -0.15) is 0 Å². The van der Waals surface area contributed by atoms with Crippen LogP contribution in [-0.2, 0) is 32.6 Å². The summed E-state index contributed by atoms with van der Waals surface area (Å²) < 4.78 is 29.5. The third-order valence-corrected chi connectivity index (χ3v) is 10.8. The molecule has 47 heavy (non-hydrogen) atoms. The van der Waals surface area contributed by atoms with Gasteiger partial charge in [-0.25, -0.2) is 8.42 Å². The minimum atomic E-state index is -4.30.